The van der Waals surface area contributed by atoms with Gasteiger partial charge in [-0.05, 0) is 59.0 Å². The molecule has 7 nitrogen and oxygen atoms in total. The van der Waals surface area contributed by atoms with E-state index in [1.165, 1.54) is 12.4 Å². The lowest BCUT2D eigenvalue weighted by Crippen LogP contribution is -1.98. The van der Waals surface area contributed by atoms with Gasteiger partial charge in [0, 0.05) is 11.1 Å². The Kier molecular flexibility index (Phi) is 6.99. The summed E-state index contributed by atoms with van der Waals surface area (Å²) in [6, 6.07) is 6.63. The molecular weight excluding hydrogens is 336 g/mol. The molecule has 0 saturated heterocycles. The third-order valence-electron chi connectivity index (χ3n) is 4.10. The van der Waals surface area contributed by atoms with Crippen molar-refractivity contribution >= 4 is 12.4 Å². The zero-order valence-electron chi connectivity index (χ0n) is 14.4. The minimum absolute atomic E-state index is 0.134. The zero-order chi connectivity index (χ0) is 19.1. The number of hydrogen-bond acceptors (Lipinski definition) is 7. The summed E-state index contributed by atoms with van der Waals surface area (Å²) in [5, 5.41) is 55.0. The molecule has 0 radical (unpaired) electrons. The number of rotatable bonds is 7. The predicted molar refractivity (Wildman–Crippen MR) is 98.2 cm³/mol. The molecule has 2 aromatic carbocycles. The fraction of sp³-hybridized carbons (Fsp3) is 0.263. The van der Waals surface area contributed by atoms with Crippen LogP contribution in [0.5, 0.6) is 5.75 Å². The third-order valence-corrected chi connectivity index (χ3v) is 4.10. The Hall–Kier alpha value is -2.58. The summed E-state index contributed by atoms with van der Waals surface area (Å²) in [5.74, 6) is -0.136. The molecular formula is C19H22N2O5. The number of aliphatic hydroxyl groups is 4. The quantitative estimate of drug-likeness (QED) is 0.375. The van der Waals surface area contributed by atoms with Crippen LogP contribution in [-0.4, -0.2) is 38.0 Å². The molecule has 138 valence electrons. The molecule has 0 atom stereocenters. The highest BCUT2D eigenvalue weighted by molar-refractivity contribution is 5.83. The monoisotopic (exact) mass is 358 g/mol. The second-order valence-electron chi connectivity index (χ2n) is 5.77. The van der Waals surface area contributed by atoms with Gasteiger partial charge in [-0.1, -0.05) is 0 Å². The predicted octanol–water partition coefficient (Wildman–Crippen LogP) is 1.12. The van der Waals surface area contributed by atoms with Crippen molar-refractivity contribution in [3.05, 3.63) is 63.2 Å². The fourth-order valence-electron chi connectivity index (χ4n) is 2.57. The van der Waals surface area contributed by atoms with Crippen molar-refractivity contribution < 1.29 is 25.5 Å². The van der Waals surface area contributed by atoms with Gasteiger partial charge in [-0.3, -0.25) is 0 Å². The lowest BCUT2D eigenvalue weighted by Gasteiger charge is -2.09. The molecule has 0 aliphatic heterocycles. The van der Waals surface area contributed by atoms with Gasteiger partial charge in [0.15, 0.2) is 0 Å². The normalized spacial score (nSPS) is 11.7. The van der Waals surface area contributed by atoms with E-state index in [0.29, 0.717) is 33.4 Å². The van der Waals surface area contributed by atoms with Crippen LogP contribution >= 0.6 is 0 Å². The average Bonchev–Trinajstić information content (AvgIpc) is 2.66. The van der Waals surface area contributed by atoms with Crippen LogP contribution in [0.25, 0.3) is 0 Å². The molecule has 0 heterocycles. The van der Waals surface area contributed by atoms with Crippen LogP contribution in [0.1, 0.15) is 38.9 Å². The second-order valence-corrected chi connectivity index (χ2v) is 5.77. The maximum atomic E-state index is 9.82. The minimum Gasteiger partial charge on any atom is -0.507 e. The molecule has 0 saturated carbocycles. The maximum absolute atomic E-state index is 9.82. The van der Waals surface area contributed by atoms with Crippen molar-refractivity contribution in [1.82, 2.24) is 0 Å². The van der Waals surface area contributed by atoms with E-state index in [1.807, 2.05) is 6.92 Å². The van der Waals surface area contributed by atoms with E-state index in [-0.39, 0.29) is 32.2 Å². The number of aromatic hydroxyl groups is 1. The van der Waals surface area contributed by atoms with Gasteiger partial charge in [0.1, 0.15) is 5.75 Å². The number of phenols is 1. The first kappa shape index (κ1) is 19.7. The molecule has 0 aromatic heterocycles. The Morgan fingerprint density at radius 1 is 0.692 bits per heavy atom. The maximum Gasteiger partial charge on any atom is 0.126 e. The first-order valence-corrected chi connectivity index (χ1v) is 8.01. The van der Waals surface area contributed by atoms with E-state index in [9.17, 15) is 25.5 Å². The Morgan fingerprint density at radius 3 is 1.38 bits per heavy atom. The zero-order valence-corrected chi connectivity index (χ0v) is 14.4. The van der Waals surface area contributed by atoms with Crippen molar-refractivity contribution in [1.29, 1.82) is 0 Å². The van der Waals surface area contributed by atoms with Crippen molar-refractivity contribution in [2.24, 2.45) is 10.2 Å². The van der Waals surface area contributed by atoms with Crippen molar-refractivity contribution in [3.8, 4) is 5.75 Å². The van der Waals surface area contributed by atoms with Crippen LogP contribution in [0, 0.1) is 6.92 Å². The number of nitrogens with zero attached hydrogens (tertiary/aromatic N) is 2. The molecule has 7 heteroatoms. The molecule has 5 N–H and O–H groups in total. The highest BCUT2D eigenvalue weighted by Crippen LogP contribution is 2.24. The number of hydrogen-bond donors (Lipinski definition) is 5. The van der Waals surface area contributed by atoms with E-state index in [1.54, 1.807) is 24.3 Å². The van der Waals surface area contributed by atoms with Crippen molar-refractivity contribution in [2.75, 3.05) is 0 Å². The van der Waals surface area contributed by atoms with E-state index in [0.717, 1.165) is 5.56 Å². The van der Waals surface area contributed by atoms with E-state index in [4.69, 9.17) is 0 Å². The molecule has 0 unspecified atom stereocenters. The Balaban J connectivity index is 2.23. The fourth-order valence-corrected chi connectivity index (χ4v) is 2.57. The summed E-state index contributed by atoms with van der Waals surface area (Å²) >= 11 is 0. The van der Waals surface area contributed by atoms with Crippen LogP contribution in [0.4, 0.5) is 0 Å². The first-order chi connectivity index (χ1) is 12.5. The van der Waals surface area contributed by atoms with Crippen LogP contribution < -0.4 is 0 Å². The first-order valence-electron chi connectivity index (χ1n) is 8.01. The van der Waals surface area contributed by atoms with Gasteiger partial charge >= 0.3 is 0 Å². The Morgan fingerprint density at radius 2 is 1.04 bits per heavy atom. The molecule has 0 fully saturated rings. The average molecular weight is 358 g/mol. The summed E-state index contributed by atoms with van der Waals surface area (Å²) in [7, 11) is 0. The highest BCUT2D eigenvalue weighted by atomic mass is 16.3. The molecule has 26 heavy (non-hydrogen) atoms. The van der Waals surface area contributed by atoms with Gasteiger partial charge in [0.05, 0.1) is 38.9 Å². The van der Waals surface area contributed by atoms with Gasteiger partial charge in [-0.15, -0.1) is 0 Å². The van der Waals surface area contributed by atoms with Gasteiger partial charge in [-0.25, -0.2) is 0 Å². The summed E-state index contributed by atoms with van der Waals surface area (Å²) in [5.41, 5.74) is 4.11. The van der Waals surface area contributed by atoms with Gasteiger partial charge in [0.2, 0.25) is 0 Å². The van der Waals surface area contributed by atoms with Crippen molar-refractivity contribution in [3.63, 3.8) is 0 Å². The van der Waals surface area contributed by atoms with Crippen LogP contribution in [0.3, 0.4) is 0 Å². The van der Waals surface area contributed by atoms with E-state index >= 15 is 0 Å². The third kappa shape index (κ3) is 4.53. The van der Waals surface area contributed by atoms with Crippen molar-refractivity contribution in [2.45, 2.75) is 33.4 Å². The number of benzene rings is 2. The summed E-state index contributed by atoms with van der Waals surface area (Å²) in [6.07, 6.45) is 2.93. The molecule has 0 bridgehead atoms. The smallest absolute Gasteiger partial charge is 0.126 e. The molecule has 2 aromatic rings. The molecule has 2 rings (SSSR count). The molecule has 0 aliphatic rings. The standard InChI is InChI=1S/C19H22N2O5/c1-12-15(8-22)2-13(3-16(12)9-23)6-20-21-7-14-4-17(10-24)19(26)18(5-14)11-25/h2-7,22-26H,8-11H2,1H3. The minimum atomic E-state index is -0.360. The second kappa shape index (κ2) is 9.21. The largest absolute Gasteiger partial charge is 0.507 e. The summed E-state index contributed by atoms with van der Waals surface area (Å²) < 4.78 is 0. The Labute approximate surface area is 151 Å². The van der Waals surface area contributed by atoms with E-state index in [2.05, 4.69) is 10.2 Å². The van der Waals surface area contributed by atoms with Crippen LogP contribution in [0.2, 0.25) is 0 Å². The van der Waals surface area contributed by atoms with Gasteiger partial charge < -0.3 is 25.5 Å². The number of aliphatic hydroxyl groups excluding tert-OH is 4. The Bertz CT molecular complexity index is 711. The molecule has 0 aliphatic carbocycles. The summed E-state index contributed by atoms with van der Waals surface area (Å²) in [4.78, 5) is 0. The van der Waals surface area contributed by atoms with Gasteiger partial charge in [0.25, 0.3) is 0 Å². The van der Waals surface area contributed by atoms with Crippen LogP contribution in [-0.2, 0) is 26.4 Å². The molecule has 0 spiro atoms. The lowest BCUT2D eigenvalue weighted by atomic mass is 10.00. The highest BCUT2D eigenvalue weighted by Gasteiger charge is 2.08. The van der Waals surface area contributed by atoms with Gasteiger partial charge in [-0.2, -0.15) is 10.2 Å². The summed E-state index contributed by atoms with van der Waals surface area (Å²) in [6.45, 7) is 0.844. The van der Waals surface area contributed by atoms with Crippen LogP contribution in [0.15, 0.2) is 34.5 Å². The van der Waals surface area contributed by atoms with E-state index < -0.39 is 0 Å². The topological polar surface area (TPSA) is 126 Å². The molecule has 0 amide bonds. The SMILES string of the molecule is Cc1c(CO)cc(C=NN=Cc2cc(CO)c(O)c(CO)c2)cc1CO. The lowest BCUT2D eigenvalue weighted by molar-refractivity contribution is 0.263.